The van der Waals surface area contributed by atoms with E-state index < -0.39 is 0 Å². The van der Waals surface area contributed by atoms with Gasteiger partial charge >= 0.3 is 0 Å². The molecular weight excluding hydrogens is 340 g/mol. The highest BCUT2D eigenvalue weighted by atomic mass is 16.2. The summed E-state index contributed by atoms with van der Waals surface area (Å²) < 4.78 is 0. The molecule has 0 spiro atoms. The first-order valence-electron chi connectivity index (χ1n) is 10.1. The zero-order valence-corrected chi connectivity index (χ0v) is 16.1. The smallest absolute Gasteiger partial charge is 0.226 e. The average Bonchev–Trinajstić information content (AvgIpc) is 3.33. The van der Waals surface area contributed by atoms with Crippen LogP contribution < -0.4 is 0 Å². The molecule has 1 aromatic heterocycles. The summed E-state index contributed by atoms with van der Waals surface area (Å²) >= 11 is 0. The van der Waals surface area contributed by atoms with Gasteiger partial charge in [0, 0.05) is 31.5 Å². The number of amides is 2. The third kappa shape index (κ3) is 3.45. The second kappa shape index (κ2) is 7.33. The van der Waals surface area contributed by atoms with Gasteiger partial charge in [0.2, 0.25) is 11.8 Å². The lowest BCUT2D eigenvalue weighted by atomic mass is 9.94. The lowest BCUT2D eigenvalue weighted by Gasteiger charge is -2.35. The predicted octanol–water partition coefficient (Wildman–Crippen LogP) is 3.12. The molecule has 1 unspecified atom stereocenters. The van der Waals surface area contributed by atoms with Crippen molar-refractivity contribution in [2.45, 2.75) is 45.6 Å². The maximum atomic E-state index is 13.2. The first kappa shape index (κ1) is 18.0. The molecule has 2 aliphatic rings. The number of hydrogen-bond donors (Lipinski definition) is 1. The fourth-order valence-electron chi connectivity index (χ4n) is 4.39. The lowest BCUT2D eigenvalue weighted by molar-refractivity contribution is -0.142. The number of benzene rings is 1. The number of nitrogens with zero attached hydrogens (tertiary/aromatic N) is 3. The summed E-state index contributed by atoms with van der Waals surface area (Å²) in [6.07, 6.45) is 3.50. The van der Waals surface area contributed by atoms with Gasteiger partial charge in [-0.25, -0.2) is 4.98 Å². The van der Waals surface area contributed by atoms with Crippen LogP contribution >= 0.6 is 0 Å². The van der Waals surface area contributed by atoms with E-state index in [9.17, 15) is 9.59 Å². The number of hydrogen-bond acceptors (Lipinski definition) is 3. The minimum Gasteiger partial charge on any atom is -0.342 e. The zero-order valence-electron chi connectivity index (χ0n) is 16.1. The van der Waals surface area contributed by atoms with Crippen LogP contribution in [0.3, 0.4) is 0 Å². The number of imidazole rings is 1. The minimum absolute atomic E-state index is 0.0196. The fourth-order valence-corrected chi connectivity index (χ4v) is 4.39. The Hall–Kier alpha value is -2.37. The number of rotatable bonds is 3. The second-order valence-corrected chi connectivity index (χ2v) is 8.08. The van der Waals surface area contributed by atoms with Crippen molar-refractivity contribution in [2.24, 2.45) is 11.8 Å². The standard InChI is InChI=1S/C21H28N4O2/c1-14(2)20(26)24-12-9-15(10-13-24)21(27)25-11-5-8-18(25)19-22-16-6-3-4-7-17(16)23-19/h3-4,6-7,14-15,18H,5,8-13H2,1-2H3,(H,22,23). The molecule has 0 aliphatic carbocycles. The number of likely N-dealkylation sites (tertiary alicyclic amines) is 2. The molecule has 3 heterocycles. The van der Waals surface area contributed by atoms with Crippen LogP contribution in [0.1, 0.15) is 51.4 Å². The summed E-state index contributed by atoms with van der Waals surface area (Å²) in [5.74, 6) is 1.37. The molecule has 1 N–H and O–H groups in total. The maximum Gasteiger partial charge on any atom is 0.226 e. The van der Waals surface area contributed by atoms with E-state index in [4.69, 9.17) is 4.98 Å². The molecule has 2 saturated heterocycles. The van der Waals surface area contributed by atoms with Gasteiger partial charge in [-0.05, 0) is 37.8 Å². The van der Waals surface area contributed by atoms with Crippen LogP contribution in [0.2, 0.25) is 0 Å². The van der Waals surface area contributed by atoms with Crippen molar-refractivity contribution in [2.75, 3.05) is 19.6 Å². The molecule has 144 valence electrons. The van der Waals surface area contributed by atoms with Crippen molar-refractivity contribution >= 4 is 22.8 Å². The van der Waals surface area contributed by atoms with Gasteiger partial charge in [0.15, 0.2) is 0 Å². The quantitative estimate of drug-likeness (QED) is 0.905. The van der Waals surface area contributed by atoms with Crippen LogP contribution in [0.5, 0.6) is 0 Å². The third-order valence-electron chi connectivity index (χ3n) is 5.91. The first-order valence-corrected chi connectivity index (χ1v) is 10.1. The number of para-hydroxylation sites is 2. The number of carbonyl (C=O) groups excluding carboxylic acids is 2. The van der Waals surface area contributed by atoms with Crippen LogP contribution in [0.15, 0.2) is 24.3 Å². The first-order chi connectivity index (χ1) is 13.0. The van der Waals surface area contributed by atoms with Gasteiger partial charge < -0.3 is 14.8 Å². The Morgan fingerprint density at radius 2 is 1.85 bits per heavy atom. The number of carbonyl (C=O) groups is 2. The van der Waals surface area contributed by atoms with E-state index in [0.29, 0.717) is 13.1 Å². The summed E-state index contributed by atoms with van der Waals surface area (Å²) in [5, 5.41) is 0. The molecule has 6 heteroatoms. The molecule has 2 aromatic rings. The Morgan fingerprint density at radius 3 is 2.56 bits per heavy atom. The molecule has 6 nitrogen and oxygen atoms in total. The molecule has 2 amide bonds. The Balaban J connectivity index is 1.44. The summed E-state index contributed by atoms with van der Waals surface area (Å²) in [6.45, 7) is 6.04. The van der Waals surface area contributed by atoms with Crippen LogP contribution in [0.4, 0.5) is 0 Å². The van der Waals surface area contributed by atoms with Gasteiger partial charge in [-0.15, -0.1) is 0 Å². The monoisotopic (exact) mass is 368 g/mol. The summed E-state index contributed by atoms with van der Waals surface area (Å²) in [4.78, 5) is 37.4. The van der Waals surface area contributed by atoms with Gasteiger partial charge in [0.1, 0.15) is 5.82 Å². The lowest BCUT2D eigenvalue weighted by Crippen LogP contribution is -2.45. The van der Waals surface area contributed by atoms with E-state index in [-0.39, 0.29) is 29.7 Å². The molecule has 1 atom stereocenters. The number of fused-ring (bicyclic) bond motifs is 1. The molecule has 1 aromatic carbocycles. The molecule has 0 saturated carbocycles. The van der Waals surface area contributed by atoms with Gasteiger partial charge in [-0.1, -0.05) is 26.0 Å². The van der Waals surface area contributed by atoms with Crippen LogP contribution in [-0.2, 0) is 9.59 Å². The Labute approximate surface area is 159 Å². The number of piperidine rings is 1. The highest BCUT2D eigenvalue weighted by molar-refractivity contribution is 5.81. The number of nitrogens with one attached hydrogen (secondary N) is 1. The summed E-state index contributed by atoms with van der Waals surface area (Å²) in [5.41, 5.74) is 1.97. The normalized spacial score (nSPS) is 21.4. The number of aromatic nitrogens is 2. The molecule has 2 fully saturated rings. The van der Waals surface area contributed by atoms with E-state index in [2.05, 4.69) is 4.98 Å². The third-order valence-corrected chi connectivity index (χ3v) is 5.91. The fraction of sp³-hybridized carbons (Fsp3) is 0.571. The molecule has 2 aliphatic heterocycles. The van der Waals surface area contributed by atoms with Crippen LogP contribution in [0, 0.1) is 11.8 Å². The Kier molecular flexibility index (Phi) is 4.89. The molecule has 27 heavy (non-hydrogen) atoms. The summed E-state index contributed by atoms with van der Waals surface area (Å²) in [6, 6.07) is 8.04. The van der Waals surface area contributed by atoms with Gasteiger partial charge in [-0.2, -0.15) is 0 Å². The van der Waals surface area contributed by atoms with Gasteiger partial charge in [-0.3, -0.25) is 9.59 Å². The summed E-state index contributed by atoms with van der Waals surface area (Å²) in [7, 11) is 0. The molecule has 0 radical (unpaired) electrons. The van der Waals surface area contributed by atoms with Crippen molar-refractivity contribution in [1.82, 2.24) is 19.8 Å². The molecule has 4 rings (SSSR count). The van der Waals surface area contributed by atoms with Crippen LogP contribution in [0.25, 0.3) is 11.0 Å². The van der Waals surface area contributed by atoms with Gasteiger partial charge in [0.05, 0.1) is 17.1 Å². The van der Waals surface area contributed by atoms with Crippen molar-refractivity contribution in [3.63, 3.8) is 0 Å². The van der Waals surface area contributed by atoms with Crippen molar-refractivity contribution in [3.8, 4) is 0 Å². The van der Waals surface area contributed by atoms with E-state index in [1.54, 1.807) is 0 Å². The highest BCUT2D eigenvalue weighted by Crippen LogP contribution is 2.34. The minimum atomic E-state index is 0.0196. The predicted molar refractivity (Wildman–Crippen MR) is 104 cm³/mol. The second-order valence-electron chi connectivity index (χ2n) is 8.08. The largest absolute Gasteiger partial charge is 0.342 e. The Bertz CT molecular complexity index is 803. The molecule has 0 bridgehead atoms. The van der Waals surface area contributed by atoms with Crippen molar-refractivity contribution < 1.29 is 9.59 Å². The van der Waals surface area contributed by atoms with E-state index in [0.717, 1.165) is 49.1 Å². The van der Waals surface area contributed by atoms with Crippen molar-refractivity contribution in [1.29, 1.82) is 0 Å². The van der Waals surface area contributed by atoms with E-state index >= 15 is 0 Å². The zero-order chi connectivity index (χ0) is 19.0. The van der Waals surface area contributed by atoms with Gasteiger partial charge in [0.25, 0.3) is 0 Å². The topological polar surface area (TPSA) is 69.3 Å². The van der Waals surface area contributed by atoms with E-state index in [1.165, 1.54) is 0 Å². The SMILES string of the molecule is CC(C)C(=O)N1CCC(C(=O)N2CCCC2c2nc3ccccc3[nH]2)CC1. The maximum absolute atomic E-state index is 13.2. The number of H-pyrrole nitrogens is 1. The van der Waals surface area contributed by atoms with Crippen molar-refractivity contribution in [3.05, 3.63) is 30.1 Å². The Morgan fingerprint density at radius 1 is 1.11 bits per heavy atom. The number of aromatic amines is 1. The average molecular weight is 368 g/mol. The van der Waals surface area contributed by atoms with E-state index in [1.807, 2.05) is 47.9 Å². The van der Waals surface area contributed by atoms with Crippen LogP contribution in [-0.4, -0.2) is 51.2 Å². The molecular formula is C21H28N4O2. The highest BCUT2D eigenvalue weighted by Gasteiger charge is 2.37.